The molecule has 4 rings (SSSR count). The normalized spacial score (nSPS) is 23.8. The topological polar surface area (TPSA) is 56.1 Å². The maximum absolute atomic E-state index is 6.12. The van der Waals surface area contributed by atoms with Gasteiger partial charge in [0.25, 0.3) is 0 Å². The third-order valence-electron chi connectivity index (χ3n) is 5.58. The zero-order chi connectivity index (χ0) is 16.4. The Balaban J connectivity index is 1.30. The molecule has 4 heterocycles. The second kappa shape index (κ2) is 6.61. The van der Waals surface area contributed by atoms with E-state index in [2.05, 4.69) is 31.5 Å². The molecule has 2 fully saturated rings. The Morgan fingerprint density at radius 2 is 1.96 bits per heavy atom. The highest BCUT2D eigenvalue weighted by atomic mass is 16.5. The quantitative estimate of drug-likeness (QED) is 0.857. The van der Waals surface area contributed by atoms with Crippen molar-refractivity contribution in [1.29, 1.82) is 0 Å². The second-order valence-electron chi connectivity index (χ2n) is 7.36. The van der Waals surface area contributed by atoms with Crippen LogP contribution in [0.3, 0.4) is 0 Å². The van der Waals surface area contributed by atoms with Crippen molar-refractivity contribution < 1.29 is 4.74 Å². The highest BCUT2D eigenvalue weighted by molar-refractivity contribution is 5.06. The van der Waals surface area contributed by atoms with E-state index in [-0.39, 0.29) is 0 Å². The minimum absolute atomic E-state index is 0.319. The van der Waals surface area contributed by atoms with Gasteiger partial charge in [-0.25, -0.2) is 15.0 Å². The van der Waals surface area contributed by atoms with E-state index < -0.39 is 0 Å². The summed E-state index contributed by atoms with van der Waals surface area (Å²) in [5.74, 6) is 0. The number of rotatable bonds is 4. The van der Waals surface area contributed by atoms with Crippen molar-refractivity contribution in [3.8, 4) is 0 Å². The van der Waals surface area contributed by atoms with Crippen molar-refractivity contribution in [1.82, 2.24) is 24.4 Å². The molecule has 0 N–H and O–H groups in total. The molecule has 0 saturated carbocycles. The zero-order valence-corrected chi connectivity index (χ0v) is 14.3. The van der Waals surface area contributed by atoms with Crippen LogP contribution in [-0.4, -0.2) is 50.2 Å². The molecule has 128 valence electrons. The molecule has 24 heavy (non-hydrogen) atoms. The van der Waals surface area contributed by atoms with E-state index in [9.17, 15) is 0 Å². The van der Waals surface area contributed by atoms with E-state index in [4.69, 9.17) is 4.74 Å². The van der Waals surface area contributed by atoms with Crippen LogP contribution in [0.4, 0.5) is 0 Å². The SMILES string of the molecule is Cn1cncc1CN1CCC2(CC1)CO[C@H](Cc1cncnc1)C2. The number of ether oxygens (including phenoxy) is 1. The molecule has 1 atom stereocenters. The molecule has 1 spiro atoms. The monoisotopic (exact) mass is 327 g/mol. The predicted octanol–water partition coefficient (Wildman–Crippen LogP) is 1.82. The molecule has 0 radical (unpaired) electrons. The maximum atomic E-state index is 6.12. The number of imidazole rings is 1. The molecular weight excluding hydrogens is 302 g/mol. The fourth-order valence-electron chi connectivity index (χ4n) is 4.02. The molecule has 2 aromatic heterocycles. The minimum Gasteiger partial charge on any atom is -0.377 e. The van der Waals surface area contributed by atoms with Crippen LogP contribution in [0.25, 0.3) is 0 Å². The van der Waals surface area contributed by atoms with Gasteiger partial charge in [-0.2, -0.15) is 0 Å². The number of likely N-dealkylation sites (tertiary alicyclic amines) is 1. The van der Waals surface area contributed by atoms with Crippen molar-refractivity contribution in [3.05, 3.63) is 42.5 Å². The molecule has 0 bridgehead atoms. The van der Waals surface area contributed by atoms with Crippen molar-refractivity contribution in [2.24, 2.45) is 12.5 Å². The molecule has 0 unspecified atom stereocenters. The number of nitrogens with zero attached hydrogens (tertiary/aromatic N) is 5. The summed E-state index contributed by atoms with van der Waals surface area (Å²) in [6, 6.07) is 0. The molecule has 2 aliphatic rings. The Labute approximate surface area is 142 Å². The first-order chi connectivity index (χ1) is 11.7. The first kappa shape index (κ1) is 15.7. The number of aromatic nitrogens is 4. The highest BCUT2D eigenvalue weighted by Crippen LogP contribution is 2.42. The summed E-state index contributed by atoms with van der Waals surface area (Å²) in [4.78, 5) is 15.0. The van der Waals surface area contributed by atoms with Gasteiger partial charge in [-0.3, -0.25) is 4.90 Å². The molecule has 0 amide bonds. The number of hydrogen-bond donors (Lipinski definition) is 0. The summed E-state index contributed by atoms with van der Waals surface area (Å²) < 4.78 is 8.23. The van der Waals surface area contributed by atoms with Crippen molar-refractivity contribution >= 4 is 0 Å². The highest BCUT2D eigenvalue weighted by Gasteiger charge is 2.42. The Morgan fingerprint density at radius 3 is 2.67 bits per heavy atom. The molecule has 2 saturated heterocycles. The fraction of sp³-hybridized carbons (Fsp3) is 0.611. The van der Waals surface area contributed by atoms with Gasteiger partial charge in [-0.1, -0.05) is 0 Å². The van der Waals surface area contributed by atoms with Gasteiger partial charge in [0.05, 0.1) is 24.7 Å². The first-order valence-corrected chi connectivity index (χ1v) is 8.76. The van der Waals surface area contributed by atoms with E-state index in [0.29, 0.717) is 11.5 Å². The lowest BCUT2D eigenvalue weighted by molar-refractivity contribution is 0.0625. The Hall–Kier alpha value is -1.79. The van der Waals surface area contributed by atoms with Gasteiger partial charge in [0.2, 0.25) is 0 Å². The average molecular weight is 327 g/mol. The van der Waals surface area contributed by atoms with Crippen LogP contribution in [0.15, 0.2) is 31.2 Å². The fourth-order valence-corrected chi connectivity index (χ4v) is 4.02. The van der Waals surface area contributed by atoms with Crippen molar-refractivity contribution in [2.45, 2.75) is 38.3 Å². The number of aryl methyl sites for hydroxylation is 1. The van der Waals surface area contributed by atoms with Gasteiger partial charge in [0, 0.05) is 38.6 Å². The summed E-state index contributed by atoms with van der Waals surface area (Å²) in [5.41, 5.74) is 2.84. The molecular formula is C18H25N5O. The lowest BCUT2D eigenvalue weighted by atomic mass is 9.76. The predicted molar refractivity (Wildman–Crippen MR) is 90.2 cm³/mol. The van der Waals surface area contributed by atoms with E-state index in [1.165, 1.54) is 30.5 Å². The van der Waals surface area contributed by atoms with Crippen LogP contribution < -0.4 is 0 Å². The molecule has 2 aromatic rings. The average Bonchev–Trinajstić information content (AvgIpc) is 3.18. The van der Waals surface area contributed by atoms with Gasteiger partial charge in [-0.05, 0) is 43.3 Å². The van der Waals surface area contributed by atoms with Crippen LogP contribution in [0, 0.1) is 5.41 Å². The minimum atomic E-state index is 0.319. The van der Waals surface area contributed by atoms with Crippen LogP contribution in [0.5, 0.6) is 0 Å². The van der Waals surface area contributed by atoms with Gasteiger partial charge in [0.15, 0.2) is 0 Å². The standard InChI is InChI=1S/C18H25N5O/c1-22-14-21-10-16(22)11-23-4-2-18(3-5-23)7-17(24-12-18)6-15-8-19-13-20-9-15/h8-10,13-14,17H,2-7,11-12H2,1H3/t17-/m1/s1. The van der Waals surface area contributed by atoms with Gasteiger partial charge >= 0.3 is 0 Å². The summed E-state index contributed by atoms with van der Waals surface area (Å²) in [6.45, 7) is 4.20. The summed E-state index contributed by atoms with van der Waals surface area (Å²) in [7, 11) is 2.07. The zero-order valence-electron chi connectivity index (χ0n) is 14.3. The lowest BCUT2D eigenvalue weighted by Gasteiger charge is -2.38. The summed E-state index contributed by atoms with van der Waals surface area (Å²) >= 11 is 0. The van der Waals surface area contributed by atoms with E-state index >= 15 is 0 Å². The Bertz CT molecular complexity index is 663. The van der Waals surface area contributed by atoms with Crippen LogP contribution in [-0.2, 0) is 24.8 Å². The smallest absolute Gasteiger partial charge is 0.115 e. The maximum Gasteiger partial charge on any atom is 0.115 e. The molecule has 2 aliphatic heterocycles. The Kier molecular flexibility index (Phi) is 4.33. The third kappa shape index (κ3) is 3.35. The molecule has 6 heteroatoms. The van der Waals surface area contributed by atoms with E-state index in [0.717, 1.165) is 32.7 Å². The number of piperidine rings is 1. The lowest BCUT2D eigenvalue weighted by Crippen LogP contribution is -2.40. The molecule has 0 aromatic carbocycles. The van der Waals surface area contributed by atoms with Crippen molar-refractivity contribution in [3.63, 3.8) is 0 Å². The van der Waals surface area contributed by atoms with Crippen LogP contribution >= 0.6 is 0 Å². The third-order valence-corrected chi connectivity index (χ3v) is 5.58. The van der Waals surface area contributed by atoms with Crippen LogP contribution in [0.1, 0.15) is 30.5 Å². The van der Waals surface area contributed by atoms with E-state index in [1.807, 2.05) is 24.9 Å². The van der Waals surface area contributed by atoms with Crippen LogP contribution in [0.2, 0.25) is 0 Å². The first-order valence-electron chi connectivity index (χ1n) is 8.76. The van der Waals surface area contributed by atoms with Gasteiger partial charge < -0.3 is 9.30 Å². The van der Waals surface area contributed by atoms with Gasteiger partial charge in [0.1, 0.15) is 6.33 Å². The molecule has 0 aliphatic carbocycles. The second-order valence-corrected chi connectivity index (χ2v) is 7.36. The Morgan fingerprint density at radius 1 is 1.17 bits per heavy atom. The summed E-state index contributed by atoms with van der Waals surface area (Å²) in [5, 5.41) is 0. The summed E-state index contributed by atoms with van der Waals surface area (Å²) in [6.07, 6.45) is 14.1. The van der Waals surface area contributed by atoms with Crippen molar-refractivity contribution in [2.75, 3.05) is 19.7 Å². The van der Waals surface area contributed by atoms with Gasteiger partial charge in [-0.15, -0.1) is 0 Å². The van der Waals surface area contributed by atoms with E-state index in [1.54, 1.807) is 6.33 Å². The molecule has 6 nitrogen and oxygen atoms in total. The number of hydrogen-bond acceptors (Lipinski definition) is 5. The largest absolute Gasteiger partial charge is 0.377 e.